The van der Waals surface area contributed by atoms with Crippen molar-refractivity contribution >= 4 is 24.0 Å². The number of esters is 1. The lowest BCUT2D eigenvalue weighted by Crippen LogP contribution is -2.49. The van der Waals surface area contributed by atoms with Crippen LogP contribution in [0.3, 0.4) is 0 Å². The fourth-order valence-corrected chi connectivity index (χ4v) is 5.49. The van der Waals surface area contributed by atoms with Gasteiger partial charge in [0.05, 0.1) is 5.92 Å². The highest BCUT2D eigenvalue weighted by Gasteiger charge is 2.49. The minimum atomic E-state index is -1.09. The second-order valence-electron chi connectivity index (χ2n) is 9.78. The molecule has 184 valence electrons. The number of fused-ring (bicyclic) bond motifs is 1. The fourth-order valence-electron chi connectivity index (χ4n) is 5.49. The van der Waals surface area contributed by atoms with Gasteiger partial charge in [0, 0.05) is 30.8 Å². The minimum Gasteiger partial charge on any atom is -0.478 e. The molecule has 33 heavy (non-hydrogen) atoms. The zero-order valence-electron chi connectivity index (χ0n) is 20.2. The minimum absolute atomic E-state index is 0.0738. The SMILES string of the molecule is C=C(C=O)[C@@H]1C(=O)C[C@H](C)[C@@H]2[C@@H]1C=C(C(=O)O)C[C@@H]2OC(=O)CCCCCCCCCCC. The first-order valence-corrected chi connectivity index (χ1v) is 12.6. The molecule has 0 spiro atoms. The van der Waals surface area contributed by atoms with Crippen molar-refractivity contribution in [3.05, 3.63) is 23.8 Å². The Hall–Kier alpha value is -2.24. The summed E-state index contributed by atoms with van der Waals surface area (Å²) < 4.78 is 5.81. The maximum atomic E-state index is 12.7. The molecule has 2 rings (SSSR count). The van der Waals surface area contributed by atoms with E-state index in [1.165, 1.54) is 38.5 Å². The highest BCUT2D eigenvalue weighted by Crippen LogP contribution is 2.47. The van der Waals surface area contributed by atoms with Crippen LogP contribution in [0, 0.1) is 23.7 Å². The molecule has 6 heteroatoms. The van der Waals surface area contributed by atoms with Gasteiger partial charge >= 0.3 is 11.9 Å². The van der Waals surface area contributed by atoms with Crippen molar-refractivity contribution in [2.75, 3.05) is 0 Å². The molecular weight excluding hydrogens is 420 g/mol. The van der Waals surface area contributed by atoms with E-state index in [0.717, 1.165) is 19.3 Å². The Kier molecular flexibility index (Phi) is 11.0. The van der Waals surface area contributed by atoms with Crippen molar-refractivity contribution in [1.82, 2.24) is 0 Å². The molecule has 2 aliphatic rings. The Balaban J connectivity index is 1.94. The predicted octanol–water partition coefficient (Wildman–Crippen LogP) is 5.45. The summed E-state index contributed by atoms with van der Waals surface area (Å²) in [4.78, 5) is 48.3. The fraction of sp³-hybridized carbons (Fsp3) is 0.704. The quantitative estimate of drug-likeness (QED) is 0.160. The molecule has 2 aliphatic carbocycles. The number of carbonyl (C=O) groups is 4. The van der Waals surface area contributed by atoms with Gasteiger partial charge < -0.3 is 9.84 Å². The molecule has 0 aromatic heterocycles. The molecule has 1 fully saturated rings. The summed E-state index contributed by atoms with van der Waals surface area (Å²) in [5.74, 6) is -3.04. The summed E-state index contributed by atoms with van der Waals surface area (Å²) in [5.41, 5.74) is 0.285. The zero-order valence-corrected chi connectivity index (χ0v) is 20.2. The number of allylic oxidation sites excluding steroid dienone is 2. The van der Waals surface area contributed by atoms with Gasteiger partial charge in [0.25, 0.3) is 0 Å². The first-order valence-electron chi connectivity index (χ1n) is 12.6. The summed E-state index contributed by atoms with van der Waals surface area (Å²) >= 11 is 0. The van der Waals surface area contributed by atoms with Crippen LogP contribution < -0.4 is 0 Å². The third-order valence-corrected chi connectivity index (χ3v) is 7.19. The topological polar surface area (TPSA) is 97.7 Å². The van der Waals surface area contributed by atoms with E-state index in [1.807, 2.05) is 6.92 Å². The normalized spacial score (nSPS) is 26.8. The average Bonchev–Trinajstić information content (AvgIpc) is 2.77. The lowest BCUT2D eigenvalue weighted by molar-refractivity contribution is -0.158. The third kappa shape index (κ3) is 7.65. The second kappa shape index (κ2) is 13.5. The molecule has 6 nitrogen and oxygen atoms in total. The molecule has 0 amide bonds. The van der Waals surface area contributed by atoms with E-state index in [4.69, 9.17) is 4.74 Å². The molecule has 1 N–H and O–H groups in total. The molecule has 0 saturated heterocycles. The van der Waals surface area contributed by atoms with Gasteiger partial charge in [0.2, 0.25) is 0 Å². The van der Waals surface area contributed by atoms with Gasteiger partial charge in [-0.1, -0.05) is 77.9 Å². The summed E-state index contributed by atoms with van der Waals surface area (Å²) in [5, 5.41) is 9.60. The van der Waals surface area contributed by atoms with Crippen LogP contribution >= 0.6 is 0 Å². The second-order valence-corrected chi connectivity index (χ2v) is 9.78. The first kappa shape index (κ1) is 27.0. The number of aliphatic carboxylic acids is 1. The highest BCUT2D eigenvalue weighted by molar-refractivity contribution is 5.93. The van der Waals surface area contributed by atoms with Gasteiger partial charge in [0.1, 0.15) is 18.2 Å². The Morgan fingerprint density at radius 2 is 1.70 bits per heavy atom. The van der Waals surface area contributed by atoms with Crippen LogP contribution in [0.25, 0.3) is 0 Å². The molecule has 0 radical (unpaired) electrons. The Morgan fingerprint density at radius 3 is 2.27 bits per heavy atom. The molecule has 0 bridgehead atoms. The van der Waals surface area contributed by atoms with E-state index in [0.29, 0.717) is 12.7 Å². The number of ketones is 1. The number of hydrogen-bond donors (Lipinski definition) is 1. The van der Waals surface area contributed by atoms with Gasteiger partial charge in [-0.25, -0.2) is 4.79 Å². The lowest BCUT2D eigenvalue weighted by atomic mass is 9.59. The molecule has 0 aliphatic heterocycles. The van der Waals surface area contributed by atoms with Gasteiger partial charge in [-0.2, -0.15) is 0 Å². The number of carboxylic acid groups (broad SMARTS) is 1. The van der Waals surface area contributed by atoms with E-state index in [9.17, 15) is 24.3 Å². The third-order valence-electron chi connectivity index (χ3n) is 7.19. The van der Waals surface area contributed by atoms with E-state index in [2.05, 4.69) is 13.5 Å². The molecule has 0 aromatic rings. The number of aldehydes is 1. The van der Waals surface area contributed by atoms with Crippen LogP contribution in [0.15, 0.2) is 23.8 Å². The molecule has 0 aromatic carbocycles. The molecule has 1 saturated carbocycles. The summed E-state index contributed by atoms with van der Waals surface area (Å²) in [6.07, 6.45) is 12.6. The van der Waals surface area contributed by atoms with Crippen molar-refractivity contribution in [3.8, 4) is 0 Å². The van der Waals surface area contributed by atoms with Crippen LogP contribution in [-0.4, -0.2) is 35.2 Å². The van der Waals surface area contributed by atoms with E-state index in [1.54, 1.807) is 6.08 Å². The van der Waals surface area contributed by atoms with Crippen molar-refractivity contribution in [2.24, 2.45) is 23.7 Å². The number of rotatable bonds is 14. The number of hydrogen-bond acceptors (Lipinski definition) is 5. The number of carbonyl (C=O) groups excluding carboxylic acids is 3. The first-order chi connectivity index (χ1) is 15.8. The summed E-state index contributed by atoms with van der Waals surface area (Å²) in [6.45, 7) is 7.87. The van der Waals surface area contributed by atoms with E-state index >= 15 is 0 Å². The number of ether oxygens (including phenoxy) is 1. The highest BCUT2D eigenvalue weighted by atomic mass is 16.5. The van der Waals surface area contributed by atoms with Crippen LogP contribution in [-0.2, 0) is 23.9 Å². The van der Waals surface area contributed by atoms with Gasteiger partial charge in [-0.3, -0.25) is 14.4 Å². The van der Waals surface area contributed by atoms with Gasteiger partial charge in [-0.15, -0.1) is 0 Å². The largest absolute Gasteiger partial charge is 0.478 e. The van der Waals surface area contributed by atoms with Gasteiger partial charge in [-0.05, 0) is 23.8 Å². The Bertz CT molecular complexity index is 752. The maximum absolute atomic E-state index is 12.7. The Morgan fingerprint density at radius 1 is 1.09 bits per heavy atom. The molecule has 0 unspecified atom stereocenters. The maximum Gasteiger partial charge on any atom is 0.331 e. The zero-order chi connectivity index (χ0) is 24.4. The molecule has 5 atom stereocenters. The number of unbranched alkanes of at least 4 members (excludes halogenated alkanes) is 8. The monoisotopic (exact) mass is 460 g/mol. The van der Waals surface area contributed by atoms with Crippen molar-refractivity contribution in [2.45, 2.75) is 97.0 Å². The smallest absolute Gasteiger partial charge is 0.331 e. The van der Waals surface area contributed by atoms with Crippen molar-refractivity contribution in [1.29, 1.82) is 0 Å². The van der Waals surface area contributed by atoms with Crippen molar-refractivity contribution in [3.63, 3.8) is 0 Å². The standard InChI is InChI=1S/C27H40O6/c1-4-5-6-7-8-9-10-11-12-13-24(30)33-23-16-20(27(31)32)15-21-25(19(3)17-28)22(29)14-18(2)26(21)23/h15,17-18,21,23,25-26H,3-14,16H2,1-2H3,(H,31,32)/t18-,21+,23-,25-,26+/m0/s1. The average molecular weight is 461 g/mol. The van der Waals surface area contributed by atoms with Crippen LogP contribution in [0.1, 0.15) is 90.9 Å². The summed E-state index contributed by atoms with van der Waals surface area (Å²) in [7, 11) is 0. The lowest BCUT2D eigenvalue weighted by Gasteiger charge is -2.45. The number of Topliss-reactive ketones (excluding diaryl/α,β-unsaturated/α-hetero) is 1. The number of carboxylic acids is 1. The van der Waals surface area contributed by atoms with Crippen LogP contribution in [0.2, 0.25) is 0 Å². The molecule has 0 heterocycles. The molecular formula is C27H40O6. The predicted molar refractivity (Wildman–Crippen MR) is 127 cm³/mol. The Labute approximate surface area is 197 Å². The van der Waals surface area contributed by atoms with Crippen LogP contribution in [0.4, 0.5) is 0 Å². The van der Waals surface area contributed by atoms with Crippen molar-refractivity contribution < 1.29 is 29.0 Å². The van der Waals surface area contributed by atoms with E-state index in [-0.39, 0.29) is 47.6 Å². The summed E-state index contributed by atoms with van der Waals surface area (Å²) in [6, 6.07) is 0. The van der Waals surface area contributed by atoms with Gasteiger partial charge in [0.15, 0.2) is 0 Å². The van der Waals surface area contributed by atoms with Crippen LogP contribution in [0.5, 0.6) is 0 Å². The van der Waals surface area contributed by atoms with E-state index < -0.39 is 23.9 Å².